The number of nitrogens with one attached hydrogen (secondary N) is 1. The van der Waals surface area contributed by atoms with Gasteiger partial charge in [-0.25, -0.2) is 4.39 Å². The maximum absolute atomic E-state index is 13.4. The Kier molecular flexibility index (Phi) is 4.20. The van der Waals surface area contributed by atoms with E-state index in [0.29, 0.717) is 0 Å². The van der Waals surface area contributed by atoms with Crippen LogP contribution in [0, 0.1) is 5.82 Å². The number of benzene rings is 1. The zero-order valence-corrected chi connectivity index (χ0v) is 10.2. The minimum Gasteiger partial charge on any atom is -0.344 e. The fourth-order valence-electron chi connectivity index (χ4n) is 1.76. The van der Waals surface area contributed by atoms with Crippen molar-refractivity contribution in [2.75, 3.05) is 6.54 Å². The first-order chi connectivity index (χ1) is 9.22. The summed E-state index contributed by atoms with van der Waals surface area (Å²) in [6.45, 7) is 0.239. The van der Waals surface area contributed by atoms with Crippen LogP contribution < -0.4 is 11.1 Å². The van der Waals surface area contributed by atoms with Gasteiger partial charge in [0.1, 0.15) is 0 Å². The molecule has 4 nitrogen and oxygen atoms in total. The van der Waals surface area contributed by atoms with Crippen LogP contribution in [0.4, 0.5) is 4.39 Å². The largest absolute Gasteiger partial charge is 0.344 e. The van der Waals surface area contributed by atoms with Crippen LogP contribution in [-0.4, -0.2) is 17.4 Å². The molecular weight excluding hydrogens is 245 g/mol. The summed E-state index contributed by atoms with van der Waals surface area (Å²) in [4.78, 5) is 15.6. The maximum Gasteiger partial charge on any atom is 0.254 e. The zero-order chi connectivity index (χ0) is 13.7. The second-order valence-electron chi connectivity index (χ2n) is 4.03. The topological polar surface area (TPSA) is 68.0 Å². The Morgan fingerprint density at radius 3 is 2.68 bits per heavy atom. The van der Waals surface area contributed by atoms with E-state index >= 15 is 0 Å². The number of nitrogens with zero attached hydrogens (tertiary/aromatic N) is 1. The number of pyridine rings is 1. The molecule has 0 aliphatic rings. The van der Waals surface area contributed by atoms with E-state index in [-0.39, 0.29) is 18.2 Å². The first-order valence-electron chi connectivity index (χ1n) is 5.87. The van der Waals surface area contributed by atoms with Gasteiger partial charge < -0.3 is 11.1 Å². The van der Waals surface area contributed by atoms with E-state index < -0.39 is 11.7 Å². The fourth-order valence-corrected chi connectivity index (χ4v) is 1.76. The van der Waals surface area contributed by atoms with Gasteiger partial charge in [0.2, 0.25) is 0 Å². The van der Waals surface area contributed by atoms with Crippen LogP contribution >= 0.6 is 0 Å². The molecule has 5 heteroatoms. The Balaban J connectivity index is 2.16. The molecule has 1 amide bonds. The molecule has 0 saturated heterocycles. The summed E-state index contributed by atoms with van der Waals surface area (Å²) in [6.07, 6.45) is 2.38. The summed E-state index contributed by atoms with van der Waals surface area (Å²) in [5, 5.41) is 2.71. The van der Waals surface area contributed by atoms with Crippen molar-refractivity contribution in [3.8, 4) is 0 Å². The Labute approximate surface area is 110 Å². The molecule has 0 saturated carbocycles. The van der Waals surface area contributed by atoms with E-state index in [1.165, 1.54) is 12.3 Å². The maximum atomic E-state index is 13.4. The second-order valence-corrected chi connectivity index (χ2v) is 4.03. The Morgan fingerprint density at radius 2 is 2.05 bits per heavy atom. The van der Waals surface area contributed by atoms with Gasteiger partial charge in [-0.3, -0.25) is 9.78 Å². The second kappa shape index (κ2) is 6.06. The summed E-state index contributed by atoms with van der Waals surface area (Å²) in [5.74, 6) is -1.15. The molecule has 0 aliphatic carbocycles. The summed E-state index contributed by atoms with van der Waals surface area (Å²) in [7, 11) is 0. The lowest BCUT2D eigenvalue weighted by atomic mass is 10.1. The molecular formula is C14H14FN3O. The smallest absolute Gasteiger partial charge is 0.254 e. The number of amides is 1. The first-order valence-corrected chi connectivity index (χ1v) is 5.87. The van der Waals surface area contributed by atoms with Gasteiger partial charge in [0.15, 0.2) is 5.82 Å². The van der Waals surface area contributed by atoms with Gasteiger partial charge in [0.05, 0.1) is 17.8 Å². The van der Waals surface area contributed by atoms with Crippen LogP contribution in [0.2, 0.25) is 0 Å². The van der Waals surface area contributed by atoms with Crippen LogP contribution in [0.5, 0.6) is 0 Å². The van der Waals surface area contributed by atoms with E-state index in [0.717, 1.165) is 11.8 Å². The van der Waals surface area contributed by atoms with E-state index in [4.69, 9.17) is 5.73 Å². The molecule has 0 bridgehead atoms. The summed E-state index contributed by atoms with van der Waals surface area (Å²) in [6, 6.07) is 10.3. The van der Waals surface area contributed by atoms with Gasteiger partial charge in [-0.2, -0.15) is 0 Å². The van der Waals surface area contributed by atoms with Crippen molar-refractivity contribution in [3.63, 3.8) is 0 Å². The highest BCUT2D eigenvalue weighted by Crippen LogP contribution is 2.13. The third-order valence-corrected chi connectivity index (χ3v) is 2.76. The third kappa shape index (κ3) is 3.14. The number of nitrogens with two attached hydrogens (primary N) is 1. The fraction of sp³-hybridized carbons (Fsp3) is 0.143. The monoisotopic (exact) mass is 259 g/mol. The number of carbonyl (C=O) groups is 1. The summed E-state index contributed by atoms with van der Waals surface area (Å²) in [5.41, 5.74) is 6.49. The van der Waals surface area contributed by atoms with Crippen LogP contribution in [0.1, 0.15) is 22.0 Å². The molecule has 1 aromatic carbocycles. The third-order valence-electron chi connectivity index (χ3n) is 2.76. The van der Waals surface area contributed by atoms with Crippen molar-refractivity contribution in [1.82, 2.24) is 10.3 Å². The predicted molar refractivity (Wildman–Crippen MR) is 69.9 cm³/mol. The lowest BCUT2D eigenvalue weighted by Crippen LogP contribution is -2.33. The molecule has 3 N–H and O–H groups in total. The van der Waals surface area contributed by atoms with Crippen molar-refractivity contribution in [1.29, 1.82) is 0 Å². The average molecular weight is 259 g/mol. The van der Waals surface area contributed by atoms with Crippen LogP contribution in [0.15, 0.2) is 48.8 Å². The molecule has 19 heavy (non-hydrogen) atoms. The summed E-state index contributed by atoms with van der Waals surface area (Å²) < 4.78 is 13.4. The van der Waals surface area contributed by atoms with Gasteiger partial charge in [0, 0.05) is 12.7 Å². The van der Waals surface area contributed by atoms with Crippen LogP contribution in [-0.2, 0) is 0 Å². The minimum absolute atomic E-state index is 0.0376. The molecule has 2 aromatic rings. The van der Waals surface area contributed by atoms with Gasteiger partial charge in [-0.05, 0) is 11.6 Å². The van der Waals surface area contributed by atoms with Crippen LogP contribution in [0.25, 0.3) is 0 Å². The van der Waals surface area contributed by atoms with E-state index in [1.807, 2.05) is 30.3 Å². The zero-order valence-electron chi connectivity index (χ0n) is 10.2. The highest BCUT2D eigenvalue weighted by molar-refractivity contribution is 5.94. The van der Waals surface area contributed by atoms with Crippen molar-refractivity contribution in [3.05, 3.63) is 65.7 Å². The van der Waals surface area contributed by atoms with Gasteiger partial charge in [-0.15, -0.1) is 0 Å². The standard InChI is InChI=1S/C14H14FN3O/c15-12-9-17-7-6-11(12)14(19)18-13(8-16)10-4-2-1-3-5-10/h1-7,9,13H,8,16H2,(H,18,19). The van der Waals surface area contributed by atoms with Gasteiger partial charge in [-0.1, -0.05) is 30.3 Å². The van der Waals surface area contributed by atoms with E-state index in [1.54, 1.807) is 0 Å². The quantitative estimate of drug-likeness (QED) is 0.877. The van der Waals surface area contributed by atoms with Crippen LogP contribution in [0.3, 0.4) is 0 Å². The molecule has 1 heterocycles. The number of hydrogen-bond acceptors (Lipinski definition) is 3. The highest BCUT2D eigenvalue weighted by atomic mass is 19.1. The molecule has 0 fully saturated rings. The van der Waals surface area contributed by atoms with Crippen molar-refractivity contribution in [2.24, 2.45) is 5.73 Å². The highest BCUT2D eigenvalue weighted by Gasteiger charge is 2.16. The number of rotatable bonds is 4. The number of halogens is 1. The first kappa shape index (κ1) is 13.2. The molecule has 2 rings (SSSR count). The van der Waals surface area contributed by atoms with E-state index in [2.05, 4.69) is 10.3 Å². The molecule has 98 valence electrons. The van der Waals surface area contributed by atoms with Crippen molar-refractivity contribution < 1.29 is 9.18 Å². The van der Waals surface area contributed by atoms with E-state index in [9.17, 15) is 9.18 Å². The number of carbonyl (C=O) groups excluding carboxylic acids is 1. The van der Waals surface area contributed by atoms with Crippen molar-refractivity contribution in [2.45, 2.75) is 6.04 Å². The lowest BCUT2D eigenvalue weighted by Gasteiger charge is -2.17. The number of aromatic nitrogens is 1. The number of hydrogen-bond donors (Lipinski definition) is 2. The molecule has 0 spiro atoms. The Morgan fingerprint density at radius 1 is 1.32 bits per heavy atom. The molecule has 0 aliphatic heterocycles. The SMILES string of the molecule is NCC(NC(=O)c1ccncc1F)c1ccccc1. The Hall–Kier alpha value is -2.27. The van der Waals surface area contributed by atoms with Crippen molar-refractivity contribution >= 4 is 5.91 Å². The normalized spacial score (nSPS) is 11.9. The molecule has 0 radical (unpaired) electrons. The lowest BCUT2D eigenvalue weighted by molar-refractivity contribution is 0.0933. The minimum atomic E-state index is -0.649. The summed E-state index contributed by atoms with van der Waals surface area (Å²) >= 11 is 0. The van der Waals surface area contributed by atoms with Gasteiger partial charge >= 0.3 is 0 Å². The Bertz CT molecular complexity index is 560. The molecule has 1 atom stereocenters. The van der Waals surface area contributed by atoms with Gasteiger partial charge in [0.25, 0.3) is 5.91 Å². The predicted octanol–water partition coefficient (Wildman–Crippen LogP) is 1.65. The average Bonchev–Trinajstić information content (AvgIpc) is 2.46. The molecule has 1 aromatic heterocycles. The molecule has 1 unspecified atom stereocenters.